The van der Waals surface area contributed by atoms with Gasteiger partial charge in [-0.2, -0.15) is 0 Å². The summed E-state index contributed by atoms with van der Waals surface area (Å²) in [6.07, 6.45) is 3.60. The Morgan fingerprint density at radius 2 is 1.17 bits per heavy atom. The Hall–Kier alpha value is -2.59. The topological polar surface area (TPSA) is 83.3 Å². The van der Waals surface area contributed by atoms with Gasteiger partial charge in [-0.3, -0.25) is 14.5 Å². The van der Waals surface area contributed by atoms with Gasteiger partial charge in [0.25, 0.3) is 0 Å². The maximum atomic E-state index is 10.5. The molecule has 0 aliphatic heterocycles. The molecule has 4 aromatic rings. The van der Waals surface area contributed by atoms with E-state index in [1.165, 1.54) is 12.1 Å². The summed E-state index contributed by atoms with van der Waals surface area (Å²) in [5, 5.41) is 2.34. The zero-order valence-corrected chi connectivity index (χ0v) is 13.5. The molecule has 0 saturated heterocycles. The van der Waals surface area contributed by atoms with Crippen molar-refractivity contribution in [1.29, 1.82) is 0 Å². The van der Waals surface area contributed by atoms with Gasteiger partial charge in [0, 0.05) is 23.2 Å². The van der Waals surface area contributed by atoms with Crippen LogP contribution in [0.25, 0.3) is 21.8 Å². The molecular weight excluding hydrogens is 323 g/mol. The van der Waals surface area contributed by atoms with Crippen molar-refractivity contribution < 1.29 is 14.4 Å². The number of fused-ring (bicyclic) bond motifs is 3. The van der Waals surface area contributed by atoms with Crippen LogP contribution >= 0.6 is 7.60 Å². The Balaban J connectivity index is 0.000000150. The van der Waals surface area contributed by atoms with Gasteiger partial charge in [0.15, 0.2) is 0 Å². The van der Waals surface area contributed by atoms with Crippen LogP contribution in [0.15, 0.2) is 79.1 Å². The number of hydrogen-bond acceptors (Lipinski definition) is 3. The van der Waals surface area contributed by atoms with E-state index in [2.05, 4.69) is 34.2 Å². The van der Waals surface area contributed by atoms with Crippen LogP contribution in [0.2, 0.25) is 0 Å². The molecule has 0 amide bonds. The van der Waals surface area contributed by atoms with Crippen molar-refractivity contribution in [3.63, 3.8) is 0 Å². The van der Waals surface area contributed by atoms with Crippen molar-refractivity contribution in [2.24, 2.45) is 0 Å². The van der Waals surface area contributed by atoms with Crippen LogP contribution < -0.4 is 5.30 Å². The van der Waals surface area contributed by atoms with Crippen molar-refractivity contribution in [2.75, 3.05) is 0 Å². The van der Waals surface area contributed by atoms with Gasteiger partial charge in [0.1, 0.15) is 0 Å². The molecule has 0 saturated carbocycles. The van der Waals surface area contributed by atoms with Crippen molar-refractivity contribution in [2.45, 2.75) is 0 Å². The number of rotatable bonds is 1. The fraction of sp³-hybridized carbons (Fsp3) is 0. The van der Waals surface area contributed by atoms with Gasteiger partial charge in [-0.15, -0.1) is 0 Å². The highest BCUT2D eigenvalue weighted by Crippen LogP contribution is 2.32. The summed E-state index contributed by atoms with van der Waals surface area (Å²) in [5.74, 6) is 0. The lowest BCUT2D eigenvalue weighted by Crippen LogP contribution is -2.01. The molecule has 2 heterocycles. The van der Waals surface area contributed by atoms with Gasteiger partial charge < -0.3 is 9.79 Å². The molecule has 2 aromatic heterocycles. The molecule has 2 N–H and O–H groups in total. The summed E-state index contributed by atoms with van der Waals surface area (Å²) in [7, 11) is -4.02. The zero-order valence-electron chi connectivity index (χ0n) is 12.6. The van der Waals surface area contributed by atoms with E-state index in [0.717, 1.165) is 21.8 Å². The first-order valence-electron chi connectivity index (χ1n) is 7.25. The third-order valence-electron chi connectivity index (χ3n) is 3.44. The van der Waals surface area contributed by atoms with Crippen molar-refractivity contribution >= 4 is 34.7 Å². The minimum absolute atomic E-state index is 0.0648. The standard InChI is InChI=1S/C12H8N2.C6H7O3P/c1-3-9-5-6-10-4-2-8-14-12(10)11(9)13-7-1;7-10(8,9)6-4-2-1-3-5-6/h1-8H;1-5H,(H2,7,8,9). The fourth-order valence-corrected chi connectivity index (χ4v) is 2.86. The highest BCUT2D eigenvalue weighted by atomic mass is 31.2. The summed E-state index contributed by atoms with van der Waals surface area (Å²) in [6.45, 7) is 0. The maximum absolute atomic E-state index is 10.5. The highest BCUT2D eigenvalue weighted by Gasteiger charge is 2.14. The SMILES string of the molecule is O=P(O)(O)c1ccccc1.c1cnc2c(c1)ccc1cccnc12. The molecule has 120 valence electrons. The molecule has 0 aliphatic carbocycles. The van der Waals surface area contributed by atoms with Crippen molar-refractivity contribution in [3.8, 4) is 0 Å². The monoisotopic (exact) mass is 338 g/mol. The van der Waals surface area contributed by atoms with E-state index in [0.29, 0.717) is 0 Å². The number of aromatic nitrogens is 2. The molecule has 5 nitrogen and oxygen atoms in total. The Morgan fingerprint density at radius 1 is 0.667 bits per heavy atom. The maximum Gasteiger partial charge on any atom is 0.356 e. The van der Waals surface area contributed by atoms with Gasteiger partial charge in [-0.05, 0) is 24.3 Å². The lowest BCUT2D eigenvalue weighted by Gasteiger charge is -2.00. The van der Waals surface area contributed by atoms with Crippen LogP contribution in [-0.2, 0) is 4.57 Å². The first-order chi connectivity index (χ1) is 11.6. The van der Waals surface area contributed by atoms with E-state index in [4.69, 9.17) is 9.79 Å². The molecule has 0 fully saturated rings. The fourth-order valence-electron chi connectivity index (χ4n) is 2.30. The van der Waals surface area contributed by atoms with Crippen LogP contribution in [0.3, 0.4) is 0 Å². The molecule has 24 heavy (non-hydrogen) atoms. The van der Waals surface area contributed by atoms with E-state index in [-0.39, 0.29) is 5.30 Å². The molecule has 0 bridgehead atoms. The first kappa shape index (κ1) is 16.3. The molecule has 0 unspecified atom stereocenters. The van der Waals surface area contributed by atoms with E-state index in [1.54, 1.807) is 30.6 Å². The van der Waals surface area contributed by atoms with Crippen LogP contribution in [0.1, 0.15) is 0 Å². The predicted molar refractivity (Wildman–Crippen MR) is 95.2 cm³/mol. The second-order valence-corrected chi connectivity index (χ2v) is 6.70. The third kappa shape index (κ3) is 3.66. The Kier molecular flexibility index (Phi) is 4.67. The highest BCUT2D eigenvalue weighted by molar-refractivity contribution is 7.60. The summed E-state index contributed by atoms with van der Waals surface area (Å²) >= 11 is 0. The van der Waals surface area contributed by atoms with E-state index in [1.807, 2.05) is 12.1 Å². The Bertz CT molecular complexity index is 961. The van der Waals surface area contributed by atoms with Gasteiger partial charge in [-0.25, -0.2) is 0 Å². The summed E-state index contributed by atoms with van der Waals surface area (Å²) in [5.41, 5.74) is 1.95. The largest absolute Gasteiger partial charge is 0.356 e. The minimum atomic E-state index is -4.02. The average molecular weight is 338 g/mol. The average Bonchev–Trinajstić information content (AvgIpc) is 2.62. The molecule has 4 rings (SSSR count). The molecule has 0 spiro atoms. The van der Waals surface area contributed by atoms with Crippen molar-refractivity contribution in [3.05, 3.63) is 79.1 Å². The summed E-state index contributed by atoms with van der Waals surface area (Å²) in [6, 6.07) is 19.8. The number of benzene rings is 2. The number of nitrogens with zero attached hydrogens (tertiary/aromatic N) is 2. The van der Waals surface area contributed by atoms with Gasteiger partial charge >= 0.3 is 7.60 Å². The number of pyridine rings is 2. The Morgan fingerprint density at radius 3 is 1.58 bits per heavy atom. The normalized spacial score (nSPS) is 11.1. The second kappa shape index (κ2) is 6.89. The van der Waals surface area contributed by atoms with E-state index >= 15 is 0 Å². The molecule has 0 aliphatic rings. The Labute approximate surface area is 138 Å². The summed E-state index contributed by atoms with van der Waals surface area (Å²) in [4.78, 5) is 25.9. The lowest BCUT2D eigenvalue weighted by molar-refractivity contribution is 0.387. The van der Waals surface area contributed by atoms with Crippen LogP contribution in [0.5, 0.6) is 0 Å². The van der Waals surface area contributed by atoms with E-state index in [9.17, 15) is 4.57 Å². The van der Waals surface area contributed by atoms with E-state index < -0.39 is 7.60 Å². The lowest BCUT2D eigenvalue weighted by atomic mass is 10.1. The molecule has 2 aromatic carbocycles. The van der Waals surface area contributed by atoms with Gasteiger partial charge in [0.05, 0.1) is 16.3 Å². The molecule has 6 heteroatoms. The molecular formula is C18H15N2O3P. The van der Waals surface area contributed by atoms with Gasteiger partial charge in [0.2, 0.25) is 0 Å². The summed E-state index contributed by atoms with van der Waals surface area (Å²) < 4.78 is 10.5. The van der Waals surface area contributed by atoms with Crippen molar-refractivity contribution in [1.82, 2.24) is 9.97 Å². The van der Waals surface area contributed by atoms with Crippen LogP contribution in [-0.4, -0.2) is 19.8 Å². The predicted octanol–water partition coefficient (Wildman–Crippen LogP) is 3.27. The molecule has 0 atom stereocenters. The zero-order chi connectivity index (χ0) is 17.0. The van der Waals surface area contributed by atoms with Crippen LogP contribution in [0, 0.1) is 0 Å². The molecule has 0 radical (unpaired) electrons. The third-order valence-corrected chi connectivity index (χ3v) is 4.41. The van der Waals surface area contributed by atoms with Crippen LogP contribution in [0.4, 0.5) is 0 Å². The smallest absolute Gasteiger partial charge is 0.321 e. The van der Waals surface area contributed by atoms with Gasteiger partial charge in [-0.1, -0.05) is 42.5 Å². The second-order valence-electron chi connectivity index (χ2n) is 5.10. The quantitative estimate of drug-likeness (QED) is 0.411. The minimum Gasteiger partial charge on any atom is -0.321 e. The number of hydrogen-bond donors (Lipinski definition) is 2. The first-order valence-corrected chi connectivity index (χ1v) is 8.86.